The molecule has 1 saturated heterocycles. The summed E-state index contributed by atoms with van der Waals surface area (Å²) in [5.74, 6) is 0.663. The zero-order valence-corrected chi connectivity index (χ0v) is 19.4. The van der Waals surface area contributed by atoms with Gasteiger partial charge in [-0.05, 0) is 43.2 Å². The maximum Gasteiger partial charge on any atom is 0.302 e. The van der Waals surface area contributed by atoms with Crippen LogP contribution in [0.25, 0.3) is 0 Å². The third-order valence-corrected chi connectivity index (χ3v) is 7.83. The molecule has 2 aromatic rings. The lowest BCUT2D eigenvalue weighted by Gasteiger charge is -2.34. The topological polar surface area (TPSA) is 82.1 Å². The van der Waals surface area contributed by atoms with Crippen molar-refractivity contribution >= 4 is 16.0 Å². The second kappa shape index (κ2) is 8.88. The van der Waals surface area contributed by atoms with Crippen molar-refractivity contribution in [1.82, 2.24) is 4.31 Å². The fraction of sp³-hybridized carbons (Fsp3) is 0.435. The summed E-state index contributed by atoms with van der Waals surface area (Å²) in [6, 6.07) is 12.3. The molecule has 1 fully saturated rings. The number of sulfonamides is 1. The molecule has 0 saturated carbocycles. The molecule has 2 atom stereocenters. The number of nitrogens with zero attached hydrogens (tertiary/aromatic N) is 1. The van der Waals surface area contributed by atoms with Gasteiger partial charge in [-0.2, -0.15) is 4.31 Å². The van der Waals surface area contributed by atoms with Gasteiger partial charge in [0.15, 0.2) is 11.5 Å². The van der Waals surface area contributed by atoms with Crippen LogP contribution in [0.1, 0.15) is 31.4 Å². The van der Waals surface area contributed by atoms with Gasteiger partial charge >= 0.3 is 5.97 Å². The predicted octanol–water partition coefficient (Wildman–Crippen LogP) is 3.30. The van der Waals surface area contributed by atoms with Gasteiger partial charge in [0.05, 0.1) is 25.7 Å². The molecule has 0 radical (unpaired) electrons. The number of carbonyl (C=O) groups is 1. The normalized spacial score (nSPS) is 21.6. The molecule has 8 heteroatoms. The highest BCUT2D eigenvalue weighted by atomic mass is 32.2. The van der Waals surface area contributed by atoms with Gasteiger partial charge in [-0.25, -0.2) is 8.42 Å². The summed E-state index contributed by atoms with van der Waals surface area (Å²) in [6.07, 6.45) is -0.0614. The van der Waals surface area contributed by atoms with Crippen LogP contribution < -0.4 is 9.47 Å². The summed E-state index contributed by atoms with van der Waals surface area (Å²) in [5, 5.41) is 0. The van der Waals surface area contributed by atoms with Crippen LogP contribution in [-0.4, -0.2) is 52.1 Å². The summed E-state index contributed by atoms with van der Waals surface area (Å²) in [4.78, 5) is 12.1. The van der Waals surface area contributed by atoms with Crippen LogP contribution in [0.2, 0.25) is 0 Å². The van der Waals surface area contributed by atoms with Crippen LogP contribution in [0.15, 0.2) is 47.4 Å². The third kappa shape index (κ3) is 4.27. The van der Waals surface area contributed by atoms with E-state index in [1.165, 1.54) is 11.2 Å². The zero-order chi connectivity index (χ0) is 22.8. The summed E-state index contributed by atoms with van der Waals surface area (Å²) in [6.45, 7) is 5.48. The van der Waals surface area contributed by atoms with Gasteiger partial charge in [0.25, 0.3) is 0 Å². The molecule has 168 valence electrons. The average molecular weight is 448 g/mol. The summed E-state index contributed by atoms with van der Waals surface area (Å²) in [5.41, 5.74) is 1.09. The number of methoxy groups -OCH3 is 2. The number of hydrogen-bond acceptors (Lipinski definition) is 6. The fourth-order valence-corrected chi connectivity index (χ4v) is 5.71. The second-order valence-corrected chi connectivity index (χ2v) is 9.73. The maximum absolute atomic E-state index is 13.4. The Morgan fingerprint density at radius 2 is 1.74 bits per heavy atom. The molecule has 0 spiro atoms. The number of carbonyl (C=O) groups excluding carboxylic acids is 1. The second-order valence-electron chi connectivity index (χ2n) is 7.79. The monoisotopic (exact) mass is 447 g/mol. The summed E-state index contributed by atoms with van der Waals surface area (Å²) >= 11 is 0. The van der Waals surface area contributed by atoms with E-state index in [-0.39, 0.29) is 18.0 Å². The number of esters is 1. The first-order valence-electron chi connectivity index (χ1n) is 10.1. The van der Waals surface area contributed by atoms with E-state index in [9.17, 15) is 13.2 Å². The smallest absolute Gasteiger partial charge is 0.302 e. The molecule has 7 nitrogen and oxygen atoms in total. The van der Waals surface area contributed by atoms with Crippen molar-refractivity contribution in [2.24, 2.45) is 0 Å². The van der Waals surface area contributed by atoms with E-state index in [4.69, 9.17) is 14.2 Å². The minimum absolute atomic E-state index is 0.0813. The average Bonchev–Trinajstić information content (AvgIpc) is 3.13. The van der Waals surface area contributed by atoms with E-state index in [0.717, 1.165) is 11.1 Å². The van der Waals surface area contributed by atoms with Gasteiger partial charge in [-0.3, -0.25) is 4.79 Å². The first-order chi connectivity index (χ1) is 14.7. The van der Waals surface area contributed by atoms with Crippen LogP contribution in [-0.2, 0) is 25.0 Å². The van der Waals surface area contributed by atoms with Crippen molar-refractivity contribution in [3.05, 3.63) is 53.6 Å². The summed E-state index contributed by atoms with van der Waals surface area (Å²) < 4.78 is 44.6. The number of rotatable bonds is 7. The molecule has 0 bridgehead atoms. The van der Waals surface area contributed by atoms with E-state index < -0.39 is 27.5 Å². The SMILES string of the molecule is CC[C@]1(c2ccc(OC)c(OC)c2)CN(S(=O)(=O)c2ccc(C)cc2)C[C@H]1OC(C)=O. The highest BCUT2D eigenvalue weighted by molar-refractivity contribution is 7.89. The van der Waals surface area contributed by atoms with Crippen molar-refractivity contribution < 1.29 is 27.4 Å². The van der Waals surface area contributed by atoms with Crippen molar-refractivity contribution in [2.75, 3.05) is 27.3 Å². The molecule has 3 rings (SSSR count). The Hall–Kier alpha value is -2.58. The standard InChI is InChI=1S/C23H29NO6S/c1-6-23(18-9-12-20(28-4)21(13-18)29-5)15-24(14-22(23)30-17(3)25)31(26,27)19-10-7-16(2)8-11-19/h7-13,22H,6,14-15H2,1-5H3/t22-,23-/m1/s1. The maximum atomic E-state index is 13.4. The van der Waals surface area contributed by atoms with Crippen molar-refractivity contribution in [3.63, 3.8) is 0 Å². The number of hydrogen-bond donors (Lipinski definition) is 0. The van der Waals surface area contributed by atoms with E-state index in [2.05, 4.69) is 0 Å². The molecule has 2 aromatic carbocycles. The van der Waals surface area contributed by atoms with Gasteiger partial charge in [0.2, 0.25) is 10.0 Å². The first kappa shape index (κ1) is 23.1. The lowest BCUT2D eigenvalue weighted by atomic mass is 9.75. The van der Waals surface area contributed by atoms with Crippen LogP contribution in [0.4, 0.5) is 0 Å². The van der Waals surface area contributed by atoms with E-state index in [1.807, 2.05) is 26.0 Å². The minimum atomic E-state index is -3.76. The molecule has 0 aromatic heterocycles. The van der Waals surface area contributed by atoms with Gasteiger partial charge in [0, 0.05) is 18.9 Å². The zero-order valence-electron chi connectivity index (χ0n) is 18.5. The number of ether oxygens (including phenoxy) is 3. The third-order valence-electron chi connectivity index (χ3n) is 6.00. The van der Waals surface area contributed by atoms with Crippen LogP contribution in [0, 0.1) is 6.92 Å². The van der Waals surface area contributed by atoms with Gasteiger partial charge in [-0.1, -0.05) is 30.7 Å². The summed E-state index contributed by atoms with van der Waals surface area (Å²) in [7, 11) is -0.652. The highest BCUT2D eigenvalue weighted by Crippen LogP contribution is 2.44. The number of benzene rings is 2. The molecule has 31 heavy (non-hydrogen) atoms. The molecule has 1 aliphatic rings. The molecule has 0 amide bonds. The van der Waals surface area contributed by atoms with Gasteiger partial charge in [0.1, 0.15) is 6.10 Å². The molecule has 0 unspecified atom stereocenters. The van der Waals surface area contributed by atoms with E-state index in [0.29, 0.717) is 17.9 Å². The molecular formula is C23H29NO6S. The number of aryl methyl sites for hydroxylation is 1. The predicted molar refractivity (Wildman–Crippen MR) is 117 cm³/mol. The quantitative estimate of drug-likeness (QED) is 0.606. The molecular weight excluding hydrogens is 418 g/mol. The lowest BCUT2D eigenvalue weighted by molar-refractivity contribution is -0.148. The Labute approximate surface area is 184 Å². The minimum Gasteiger partial charge on any atom is -0.493 e. The van der Waals surface area contributed by atoms with Crippen LogP contribution in [0.5, 0.6) is 11.5 Å². The van der Waals surface area contributed by atoms with Crippen molar-refractivity contribution in [1.29, 1.82) is 0 Å². The van der Waals surface area contributed by atoms with E-state index >= 15 is 0 Å². The van der Waals surface area contributed by atoms with Gasteiger partial charge in [-0.15, -0.1) is 0 Å². The molecule has 0 aliphatic carbocycles. The Morgan fingerprint density at radius 3 is 2.29 bits per heavy atom. The van der Waals surface area contributed by atoms with E-state index in [1.54, 1.807) is 44.6 Å². The Bertz CT molecular complexity index is 1050. The molecule has 1 aliphatic heterocycles. The van der Waals surface area contributed by atoms with Crippen LogP contribution in [0.3, 0.4) is 0 Å². The lowest BCUT2D eigenvalue weighted by Crippen LogP contribution is -2.41. The van der Waals surface area contributed by atoms with Crippen molar-refractivity contribution in [2.45, 2.75) is 43.6 Å². The van der Waals surface area contributed by atoms with Gasteiger partial charge < -0.3 is 14.2 Å². The highest BCUT2D eigenvalue weighted by Gasteiger charge is 2.52. The molecule has 1 heterocycles. The Kier molecular flexibility index (Phi) is 6.62. The Morgan fingerprint density at radius 1 is 1.10 bits per heavy atom. The van der Waals surface area contributed by atoms with Crippen LogP contribution >= 0.6 is 0 Å². The fourth-order valence-electron chi connectivity index (χ4n) is 4.20. The first-order valence-corrected chi connectivity index (χ1v) is 11.6. The largest absolute Gasteiger partial charge is 0.493 e. The van der Waals surface area contributed by atoms with Crippen molar-refractivity contribution in [3.8, 4) is 11.5 Å². The Balaban J connectivity index is 2.08. The molecule has 0 N–H and O–H groups in total.